The maximum absolute atomic E-state index is 11.5. The van der Waals surface area contributed by atoms with Gasteiger partial charge in [0.25, 0.3) is 0 Å². The van der Waals surface area contributed by atoms with Crippen LogP contribution >= 0.6 is 11.8 Å². The fourth-order valence-corrected chi connectivity index (χ4v) is 3.77. The molecule has 1 fully saturated rings. The molecule has 17 heavy (non-hydrogen) atoms. The van der Waals surface area contributed by atoms with Gasteiger partial charge in [-0.2, -0.15) is 0 Å². The molecule has 0 aromatic heterocycles. The van der Waals surface area contributed by atoms with Gasteiger partial charge in [-0.3, -0.25) is 0 Å². The molecule has 2 heteroatoms. The van der Waals surface area contributed by atoms with E-state index in [1.807, 2.05) is 18.2 Å². The zero-order valence-corrected chi connectivity index (χ0v) is 11.0. The summed E-state index contributed by atoms with van der Waals surface area (Å²) in [5.74, 6) is 0. The molecule has 1 aromatic rings. The summed E-state index contributed by atoms with van der Waals surface area (Å²) < 4.78 is -0.165. The number of benzene rings is 1. The van der Waals surface area contributed by atoms with Crippen molar-refractivity contribution in [2.24, 2.45) is 0 Å². The van der Waals surface area contributed by atoms with Crippen molar-refractivity contribution in [1.82, 2.24) is 0 Å². The normalized spacial score (nSPS) is 20.2. The first-order chi connectivity index (χ1) is 8.35. The molecule has 0 unspecified atom stereocenters. The maximum atomic E-state index is 11.5. The predicted molar refractivity (Wildman–Crippen MR) is 73.4 cm³/mol. The second-order valence-corrected chi connectivity index (χ2v) is 6.35. The van der Waals surface area contributed by atoms with Crippen molar-refractivity contribution in [3.8, 4) is 0 Å². The van der Waals surface area contributed by atoms with Gasteiger partial charge >= 0.3 is 0 Å². The fourth-order valence-electron chi connectivity index (χ4n) is 2.47. The number of rotatable bonds is 3. The molecule has 0 amide bonds. The number of hydrogen-bond donors (Lipinski definition) is 0. The molecule has 2 rings (SSSR count). The fraction of sp³-hybridized carbons (Fsp3) is 0.533. The molecule has 0 N–H and O–H groups in total. The van der Waals surface area contributed by atoms with Gasteiger partial charge < -0.3 is 4.79 Å². The lowest BCUT2D eigenvalue weighted by molar-refractivity contribution is -0.110. The monoisotopic (exact) mass is 248 g/mol. The van der Waals surface area contributed by atoms with Gasteiger partial charge in [0, 0.05) is 4.90 Å². The van der Waals surface area contributed by atoms with Gasteiger partial charge in [-0.25, -0.2) is 0 Å². The first-order valence-corrected chi connectivity index (χ1v) is 7.37. The van der Waals surface area contributed by atoms with Crippen LogP contribution in [0.25, 0.3) is 0 Å². The Morgan fingerprint density at radius 1 is 0.941 bits per heavy atom. The van der Waals surface area contributed by atoms with Crippen LogP contribution in [0.1, 0.15) is 44.9 Å². The van der Waals surface area contributed by atoms with E-state index in [2.05, 4.69) is 12.1 Å². The van der Waals surface area contributed by atoms with Crippen molar-refractivity contribution in [1.29, 1.82) is 0 Å². The topological polar surface area (TPSA) is 17.1 Å². The Balaban J connectivity index is 2.09. The van der Waals surface area contributed by atoms with E-state index in [0.717, 1.165) is 12.8 Å². The van der Waals surface area contributed by atoms with E-state index in [1.54, 1.807) is 11.8 Å². The first kappa shape index (κ1) is 12.7. The minimum Gasteiger partial charge on any atom is -0.302 e. The minimum absolute atomic E-state index is 0.165. The van der Waals surface area contributed by atoms with E-state index in [1.165, 1.54) is 43.3 Å². The van der Waals surface area contributed by atoms with Crippen molar-refractivity contribution in [2.75, 3.05) is 0 Å². The molecular formula is C15H20OS. The molecule has 1 saturated carbocycles. The summed E-state index contributed by atoms with van der Waals surface area (Å²) in [7, 11) is 0. The Kier molecular flexibility index (Phi) is 4.66. The molecule has 0 heterocycles. The van der Waals surface area contributed by atoms with Gasteiger partial charge in [0.1, 0.15) is 6.29 Å². The number of carbonyl (C=O) groups excluding carboxylic acids is 1. The van der Waals surface area contributed by atoms with E-state index in [-0.39, 0.29) is 4.75 Å². The summed E-state index contributed by atoms with van der Waals surface area (Å²) in [5.41, 5.74) is 0. The largest absolute Gasteiger partial charge is 0.302 e. The molecule has 0 atom stereocenters. The summed E-state index contributed by atoms with van der Waals surface area (Å²) in [6.07, 6.45) is 9.57. The third kappa shape index (κ3) is 3.60. The van der Waals surface area contributed by atoms with Crippen molar-refractivity contribution in [3.05, 3.63) is 30.3 Å². The number of thioether (sulfide) groups is 1. The molecule has 0 bridgehead atoms. The lowest BCUT2D eigenvalue weighted by atomic mass is 9.91. The summed E-state index contributed by atoms with van der Waals surface area (Å²) in [6.45, 7) is 0. The highest BCUT2D eigenvalue weighted by Crippen LogP contribution is 2.40. The van der Waals surface area contributed by atoms with Gasteiger partial charge in [-0.05, 0) is 25.0 Å². The van der Waals surface area contributed by atoms with E-state index < -0.39 is 0 Å². The quantitative estimate of drug-likeness (QED) is 0.735. The number of carbonyl (C=O) groups is 1. The molecule has 0 radical (unpaired) electrons. The maximum Gasteiger partial charge on any atom is 0.136 e. The Bertz CT molecular complexity index is 339. The molecule has 1 aromatic carbocycles. The highest BCUT2D eigenvalue weighted by molar-refractivity contribution is 8.01. The molecule has 0 saturated heterocycles. The van der Waals surface area contributed by atoms with Crippen LogP contribution in [0.15, 0.2) is 35.2 Å². The molecular weight excluding hydrogens is 228 g/mol. The van der Waals surface area contributed by atoms with E-state index in [0.29, 0.717) is 0 Å². The first-order valence-electron chi connectivity index (χ1n) is 6.55. The molecule has 92 valence electrons. The lowest BCUT2D eigenvalue weighted by Gasteiger charge is -2.29. The number of aldehydes is 1. The van der Waals surface area contributed by atoms with Crippen LogP contribution < -0.4 is 0 Å². The zero-order valence-electron chi connectivity index (χ0n) is 10.2. The molecule has 1 nitrogen and oxygen atoms in total. The Morgan fingerprint density at radius 2 is 1.53 bits per heavy atom. The summed E-state index contributed by atoms with van der Waals surface area (Å²) in [6, 6.07) is 10.3. The van der Waals surface area contributed by atoms with E-state index >= 15 is 0 Å². The third-order valence-electron chi connectivity index (χ3n) is 3.48. The summed E-state index contributed by atoms with van der Waals surface area (Å²) in [5, 5.41) is 0. The Morgan fingerprint density at radius 3 is 2.12 bits per heavy atom. The zero-order chi connectivity index (χ0) is 12.0. The predicted octanol–water partition coefficient (Wildman–Crippen LogP) is 4.46. The standard InChI is InChI=1S/C15H20OS/c16-13-15(11-7-2-1-3-8-12-15)17-14-9-5-4-6-10-14/h4-6,9-10,13H,1-3,7-8,11-12H2. The van der Waals surface area contributed by atoms with Gasteiger partial charge in [0.15, 0.2) is 0 Å². The molecule has 1 aliphatic rings. The molecule has 0 spiro atoms. The summed E-state index contributed by atoms with van der Waals surface area (Å²) in [4.78, 5) is 12.8. The van der Waals surface area contributed by atoms with Crippen molar-refractivity contribution in [2.45, 2.75) is 54.6 Å². The van der Waals surface area contributed by atoms with E-state index in [9.17, 15) is 4.79 Å². The SMILES string of the molecule is O=CC1(Sc2ccccc2)CCCCCCC1. The van der Waals surface area contributed by atoms with Crippen LogP contribution in [-0.4, -0.2) is 11.0 Å². The third-order valence-corrected chi connectivity index (χ3v) is 4.90. The second-order valence-electron chi connectivity index (χ2n) is 4.87. The average molecular weight is 248 g/mol. The van der Waals surface area contributed by atoms with Crippen LogP contribution in [0.2, 0.25) is 0 Å². The van der Waals surface area contributed by atoms with Crippen LogP contribution in [0.4, 0.5) is 0 Å². The lowest BCUT2D eigenvalue weighted by Crippen LogP contribution is -2.27. The average Bonchev–Trinajstić information content (AvgIpc) is 2.34. The van der Waals surface area contributed by atoms with Crippen LogP contribution in [-0.2, 0) is 4.79 Å². The highest BCUT2D eigenvalue weighted by atomic mass is 32.2. The van der Waals surface area contributed by atoms with Crippen molar-refractivity contribution < 1.29 is 4.79 Å². The minimum atomic E-state index is -0.165. The highest BCUT2D eigenvalue weighted by Gasteiger charge is 2.30. The van der Waals surface area contributed by atoms with Crippen LogP contribution in [0.5, 0.6) is 0 Å². The van der Waals surface area contributed by atoms with Gasteiger partial charge in [-0.1, -0.05) is 50.3 Å². The van der Waals surface area contributed by atoms with Gasteiger partial charge in [0.05, 0.1) is 4.75 Å². The Hall–Kier alpha value is -0.760. The summed E-state index contributed by atoms with van der Waals surface area (Å²) >= 11 is 1.77. The number of hydrogen-bond acceptors (Lipinski definition) is 2. The van der Waals surface area contributed by atoms with Crippen molar-refractivity contribution in [3.63, 3.8) is 0 Å². The van der Waals surface area contributed by atoms with Gasteiger partial charge in [-0.15, -0.1) is 11.8 Å². The van der Waals surface area contributed by atoms with Crippen LogP contribution in [0, 0.1) is 0 Å². The van der Waals surface area contributed by atoms with Crippen molar-refractivity contribution >= 4 is 18.0 Å². The molecule has 0 aliphatic heterocycles. The second kappa shape index (κ2) is 6.25. The smallest absolute Gasteiger partial charge is 0.136 e. The van der Waals surface area contributed by atoms with Gasteiger partial charge in [0.2, 0.25) is 0 Å². The Labute approximate surface area is 108 Å². The molecule has 1 aliphatic carbocycles. The van der Waals surface area contributed by atoms with Crippen LogP contribution in [0.3, 0.4) is 0 Å². The van der Waals surface area contributed by atoms with E-state index in [4.69, 9.17) is 0 Å².